The van der Waals surface area contributed by atoms with Crippen LogP contribution < -0.4 is 4.90 Å². The summed E-state index contributed by atoms with van der Waals surface area (Å²) in [7, 11) is 0. The Labute approximate surface area is 141 Å². The molecule has 2 unspecified atom stereocenters. The van der Waals surface area contributed by atoms with E-state index in [1.54, 1.807) is 6.33 Å². The lowest BCUT2D eigenvalue weighted by atomic mass is 10.0. The van der Waals surface area contributed by atoms with Crippen molar-refractivity contribution in [1.82, 2.24) is 14.9 Å². The zero-order valence-electron chi connectivity index (χ0n) is 14.3. The van der Waals surface area contributed by atoms with Crippen molar-refractivity contribution in [3.05, 3.63) is 41.2 Å². The van der Waals surface area contributed by atoms with E-state index in [0.717, 1.165) is 43.5 Å². The monoisotopic (exact) mass is 326 g/mol. The molecule has 6 heteroatoms. The first-order valence-corrected chi connectivity index (χ1v) is 8.41. The SMILES string of the molecule is Cc1cc(N2CC3CN(C(=O)c4cc(C)oc4C)CC3C2)ncn1. The van der Waals surface area contributed by atoms with Crippen LogP contribution in [0.2, 0.25) is 0 Å². The molecule has 0 radical (unpaired) electrons. The number of aromatic nitrogens is 2. The largest absolute Gasteiger partial charge is 0.466 e. The second kappa shape index (κ2) is 5.61. The van der Waals surface area contributed by atoms with Crippen molar-refractivity contribution in [3.63, 3.8) is 0 Å². The van der Waals surface area contributed by atoms with E-state index >= 15 is 0 Å². The number of carbonyl (C=O) groups is 1. The fourth-order valence-corrected chi connectivity index (χ4v) is 3.97. The van der Waals surface area contributed by atoms with Gasteiger partial charge in [0, 0.05) is 49.8 Å². The summed E-state index contributed by atoms with van der Waals surface area (Å²) in [5.74, 6) is 3.63. The predicted octanol–water partition coefficient (Wildman–Crippen LogP) is 2.20. The number of carbonyl (C=O) groups excluding carboxylic acids is 1. The number of likely N-dealkylation sites (tertiary alicyclic amines) is 1. The van der Waals surface area contributed by atoms with Crippen LogP contribution in [0.25, 0.3) is 0 Å². The van der Waals surface area contributed by atoms with E-state index in [4.69, 9.17) is 4.42 Å². The van der Waals surface area contributed by atoms with Crippen LogP contribution in [0.5, 0.6) is 0 Å². The second-order valence-corrected chi connectivity index (χ2v) is 6.98. The smallest absolute Gasteiger partial charge is 0.257 e. The van der Waals surface area contributed by atoms with Crippen LogP contribution in [0.3, 0.4) is 0 Å². The van der Waals surface area contributed by atoms with Crippen LogP contribution in [-0.4, -0.2) is 47.0 Å². The number of aryl methyl sites for hydroxylation is 3. The third-order valence-electron chi connectivity index (χ3n) is 5.16. The van der Waals surface area contributed by atoms with Crippen molar-refractivity contribution in [3.8, 4) is 0 Å². The average molecular weight is 326 g/mol. The van der Waals surface area contributed by atoms with Gasteiger partial charge in [0.05, 0.1) is 5.56 Å². The molecular formula is C18H22N4O2. The molecule has 2 atom stereocenters. The quantitative estimate of drug-likeness (QED) is 0.847. The Balaban J connectivity index is 1.44. The van der Waals surface area contributed by atoms with Gasteiger partial charge >= 0.3 is 0 Å². The minimum atomic E-state index is 0.100. The van der Waals surface area contributed by atoms with Crippen molar-refractivity contribution in [2.45, 2.75) is 20.8 Å². The second-order valence-electron chi connectivity index (χ2n) is 6.98. The number of anilines is 1. The lowest BCUT2D eigenvalue weighted by molar-refractivity contribution is 0.0781. The van der Waals surface area contributed by atoms with Crippen molar-refractivity contribution in [1.29, 1.82) is 0 Å². The molecule has 0 bridgehead atoms. The van der Waals surface area contributed by atoms with Crippen molar-refractivity contribution < 1.29 is 9.21 Å². The van der Waals surface area contributed by atoms with Gasteiger partial charge in [-0.3, -0.25) is 4.79 Å². The molecule has 2 aromatic heterocycles. The third-order valence-corrected chi connectivity index (χ3v) is 5.16. The van der Waals surface area contributed by atoms with Crippen LogP contribution >= 0.6 is 0 Å². The number of nitrogens with zero attached hydrogens (tertiary/aromatic N) is 4. The lowest BCUT2D eigenvalue weighted by Crippen LogP contribution is -2.33. The molecule has 4 heterocycles. The molecule has 2 aliphatic rings. The summed E-state index contributed by atoms with van der Waals surface area (Å²) < 4.78 is 5.51. The van der Waals surface area contributed by atoms with Gasteiger partial charge in [0.2, 0.25) is 0 Å². The maximum Gasteiger partial charge on any atom is 0.257 e. The highest BCUT2D eigenvalue weighted by molar-refractivity contribution is 5.95. The van der Waals surface area contributed by atoms with Gasteiger partial charge in [-0.15, -0.1) is 0 Å². The van der Waals surface area contributed by atoms with Crippen LogP contribution in [0.4, 0.5) is 5.82 Å². The standard InChI is InChI=1S/C18H22N4O2/c1-11-4-17(20-10-19-11)21-6-14-8-22(9-15(14)7-21)18(23)16-5-12(2)24-13(16)3/h4-5,10,14-15H,6-9H2,1-3H3. The molecule has 2 aromatic rings. The molecular weight excluding hydrogens is 304 g/mol. The molecule has 0 saturated carbocycles. The number of furan rings is 1. The van der Waals surface area contributed by atoms with Crippen LogP contribution in [0.15, 0.2) is 22.9 Å². The molecule has 0 aromatic carbocycles. The zero-order valence-corrected chi connectivity index (χ0v) is 14.3. The highest BCUT2D eigenvalue weighted by Crippen LogP contribution is 2.34. The summed E-state index contributed by atoms with van der Waals surface area (Å²) in [4.78, 5) is 25.6. The van der Waals surface area contributed by atoms with E-state index in [-0.39, 0.29) is 5.91 Å². The van der Waals surface area contributed by atoms with E-state index in [2.05, 4.69) is 14.9 Å². The fraction of sp³-hybridized carbons (Fsp3) is 0.500. The lowest BCUT2D eigenvalue weighted by Gasteiger charge is -2.22. The summed E-state index contributed by atoms with van der Waals surface area (Å²) in [5.41, 5.74) is 1.69. The Bertz CT molecular complexity index is 771. The minimum absolute atomic E-state index is 0.100. The number of hydrogen-bond acceptors (Lipinski definition) is 5. The Hall–Kier alpha value is -2.37. The molecule has 1 amide bonds. The maximum absolute atomic E-state index is 12.7. The Morgan fingerprint density at radius 1 is 1.08 bits per heavy atom. The Morgan fingerprint density at radius 2 is 1.79 bits per heavy atom. The van der Waals surface area contributed by atoms with Gasteiger partial charge in [-0.1, -0.05) is 0 Å². The van der Waals surface area contributed by atoms with E-state index in [1.807, 2.05) is 37.8 Å². The minimum Gasteiger partial charge on any atom is -0.466 e. The normalized spacial score (nSPS) is 23.0. The summed E-state index contributed by atoms with van der Waals surface area (Å²) in [6.07, 6.45) is 1.62. The van der Waals surface area contributed by atoms with Gasteiger partial charge in [0.25, 0.3) is 5.91 Å². The first-order valence-electron chi connectivity index (χ1n) is 8.41. The summed E-state index contributed by atoms with van der Waals surface area (Å²) >= 11 is 0. The molecule has 4 rings (SSSR count). The van der Waals surface area contributed by atoms with Crippen LogP contribution in [-0.2, 0) is 0 Å². The van der Waals surface area contributed by atoms with Gasteiger partial charge in [-0.05, 0) is 26.8 Å². The molecule has 6 nitrogen and oxygen atoms in total. The van der Waals surface area contributed by atoms with Gasteiger partial charge < -0.3 is 14.2 Å². The predicted molar refractivity (Wildman–Crippen MR) is 90.0 cm³/mol. The van der Waals surface area contributed by atoms with E-state index in [1.165, 1.54) is 0 Å². The van der Waals surface area contributed by atoms with Gasteiger partial charge in [0.1, 0.15) is 23.7 Å². The maximum atomic E-state index is 12.7. The highest BCUT2D eigenvalue weighted by atomic mass is 16.3. The highest BCUT2D eigenvalue weighted by Gasteiger charge is 2.42. The number of amides is 1. The molecule has 0 N–H and O–H groups in total. The summed E-state index contributed by atoms with van der Waals surface area (Å²) in [5, 5.41) is 0. The summed E-state index contributed by atoms with van der Waals surface area (Å²) in [6.45, 7) is 9.25. The molecule has 2 saturated heterocycles. The fourth-order valence-electron chi connectivity index (χ4n) is 3.97. The molecule has 24 heavy (non-hydrogen) atoms. The Kier molecular flexibility index (Phi) is 3.55. The zero-order chi connectivity index (χ0) is 16.8. The molecule has 2 aliphatic heterocycles. The summed E-state index contributed by atoms with van der Waals surface area (Å²) in [6, 6.07) is 3.88. The Morgan fingerprint density at radius 3 is 2.38 bits per heavy atom. The van der Waals surface area contributed by atoms with Crippen LogP contribution in [0.1, 0.15) is 27.6 Å². The first kappa shape index (κ1) is 15.2. The first-order chi connectivity index (χ1) is 11.5. The number of rotatable bonds is 2. The van der Waals surface area contributed by atoms with E-state index < -0.39 is 0 Å². The van der Waals surface area contributed by atoms with Gasteiger partial charge in [-0.25, -0.2) is 9.97 Å². The van der Waals surface area contributed by atoms with E-state index in [9.17, 15) is 4.79 Å². The van der Waals surface area contributed by atoms with Crippen LogP contribution in [0, 0.1) is 32.6 Å². The third kappa shape index (κ3) is 2.56. The number of fused-ring (bicyclic) bond motifs is 1. The van der Waals surface area contributed by atoms with Gasteiger partial charge in [0.15, 0.2) is 0 Å². The van der Waals surface area contributed by atoms with Crippen molar-refractivity contribution in [2.75, 3.05) is 31.1 Å². The molecule has 126 valence electrons. The molecule has 2 fully saturated rings. The molecule has 0 aliphatic carbocycles. The topological polar surface area (TPSA) is 62.5 Å². The van der Waals surface area contributed by atoms with E-state index in [0.29, 0.717) is 23.2 Å². The van der Waals surface area contributed by atoms with Gasteiger partial charge in [-0.2, -0.15) is 0 Å². The number of hydrogen-bond donors (Lipinski definition) is 0. The van der Waals surface area contributed by atoms with Crippen molar-refractivity contribution >= 4 is 11.7 Å². The molecule has 0 spiro atoms. The average Bonchev–Trinajstić information content (AvgIpc) is 3.19. The van der Waals surface area contributed by atoms with Crippen molar-refractivity contribution in [2.24, 2.45) is 11.8 Å².